The summed E-state index contributed by atoms with van der Waals surface area (Å²) in [5.74, 6) is -0.796. The monoisotopic (exact) mass is 408 g/mol. The van der Waals surface area contributed by atoms with Gasteiger partial charge in [0.2, 0.25) is 0 Å². The molecule has 0 spiro atoms. The van der Waals surface area contributed by atoms with Crippen LogP contribution in [0.15, 0.2) is 59.7 Å². The summed E-state index contributed by atoms with van der Waals surface area (Å²) in [6.45, 7) is -0.243. The van der Waals surface area contributed by atoms with E-state index in [1.807, 2.05) is 36.4 Å². The third kappa shape index (κ3) is 4.67. The van der Waals surface area contributed by atoms with Crippen LogP contribution < -0.4 is 19.6 Å². The van der Waals surface area contributed by atoms with Gasteiger partial charge < -0.3 is 19.3 Å². The van der Waals surface area contributed by atoms with Crippen molar-refractivity contribution < 1.29 is 28.9 Å². The van der Waals surface area contributed by atoms with E-state index in [9.17, 15) is 14.7 Å². The molecule has 0 radical (unpaired) electrons. The smallest absolute Gasteiger partial charge is 0.340 e. The van der Waals surface area contributed by atoms with Crippen molar-refractivity contribution in [2.45, 2.75) is 0 Å². The van der Waals surface area contributed by atoms with Crippen LogP contribution in [-0.2, 0) is 4.79 Å². The molecular weight excluding hydrogens is 388 g/mol. The lowest BCUT2D eigenvalue weighted by atomic mass is 10.1. The second kappa shape index (κ2) is 9.42. The zero-order valence-corrected chi connectivity index (χ0v) is 16.4. The molecule has 3 aromatic rings. The van der Waals surface area contributed by atoms with Crippen molar-refractivity contribution in [2.24, 2.45) is 5.10 Å². The number of carboxylic acid groups (broad SMARTS) is 1. The van der Waals surface area contributed by atoms with Gasteiger partial charge in [0.15, 0.2) is 18.1 Å². The quantitative estimate of drug-likeness (QED) is 0.438. The fourth-order valence-electron chi connectivity index (χ4n) is 2.88. The largest absolute Gasteiger partial charge is 0.493 e. The van der Waals surface area contributed by atoms with Gasteiger partial charge in [-0.2, -0.15) is 5.10 Å². The van der Waals surface area contributed by atoms with Crippen LogP contribution in [0.2, 0.25) is 0 Å². The van der Waals surface area contributed by atoms with Gasteiger partial charge in [-0.25, -0.2) is 10.2 Å². The van der Waals surface area contributed by atoms with Gasteiger partial charge in [0, 0.05) is 5.56 Å². The lowest BCUT2D eigenvalue weighted by Crippen LogP contribution is -2.24. The number of carboxylic acids is 1. The Morgan fingerprint density at radius 3 is 2.50 bits per heavy atom. The molecule has 154 valence electrons. The number of fused-ring (bicyclic) bond motifs is 1. The van der Waals surface area contributed by atoms with Crippen molar-refractivity contribution in [3.63, 3.8) is 0 Å². The second-order valence-electron chi connectivity index (χ2n) is 6.16. The Balaban J connectivity index is 1.64. The Hall–Kier alpha value is -4.07. The first-order chi connectivity index (χ1) is 14.5. The maximum Gasteiger partial charge on any atom is 0.340 e. The van der Waals surface area contributed by atoms with Gasteiger partial charge in [-0.15, -0.1) is 0 Å². The predicted molar refractivity (Wildman–Crippen MR) is 112 cm³/mol. The maximum atomic E-state index is 12.0. The van der Waals surface area contributed by atoms with E-state index in [-0.39, 0.29) is 29.2 Å². The number of nitrogens with one attached hydrogen (secondary N) is 1. The van der Waals surface area contributed by atoms with E-state index in [4.69, 9.17) is 14.2 Å². The van der Waals surface area contributed by atoms with E-state index >= 15 is 0 Å². The Bertz CT molecular complexity index is 1110. The number of ether oxygens (including phenoxy) is 3. The summed E-state index contributed by atoms with van der Waals surface area (Å²) < 4.78 is 15.7. The van der Waals surface area contributed by atoms with Crippen LogP contribution in [-0.4, -0.2) is 44.0 Å². The highest BCUT2D eigenvalue weighted by Gasteiger charge is 2.20. The molecule has 3 rings (SSSR count). The first kappa shape index (κ1) is 20.7. The highest BCUT2D eigenvalue weighted by Crippen LogP contribution is 2.32. The van der Waals surface area contributed by atoms with Crippen molar-refractivity contribution in [1.82, 2.24) is 5.43 Å². The fourth-order valence-corrected chi connectivity index (χ4v) is 2.88. The number of amides is 1. The van der Waals surface area contributed by atoms with Gasteiger partial charge in [0.05, 0.1) is 20.4 Å². The summed E-state index contributed by atoms with van der Waals surface area (Å²) in [5, 5.41) is 15.4. The van der Waals surface area contributed by atoms with E-state index < -0.39 is 11.9 Å². The van der Waals surface area contributed by atoms with E-state index in [0.717, 1.165) is 10.8 Å². The van der Waals surface area contributed by atoms with E-state index in [2.05, 4.69) is 10.5 Å². The fraction of sp³-hybridized carbons (Fsp3) is 0.136. The zero-order valence-electron chi connectivity index (χ0n) is 16.4. The highest BCUT2D eigenvalue weighted by atomic mass is 16.5. The van der Waals surface area contributed by atoms with Crippen molar-refractivity contribution >= 4 is 28.9 Å². The number of benzene rings is 3. The lowest BCUT2D eigenvalue weighted by Gasteiger charge is -2.12. The van der Waals surface area contributed by atoms with E-state index in [0.29, 0.717) is 5.75 Å². The van der Waals surface area contributed by atoms with Gasteiger partial charge >= 0.3 is 5.97 Å². The van der Waals surface area contributed by atoms with Crippen molar-refractivity contribution in [1.29, 1.82) is 0 Å². The van der Waals surface area contributed by atoms with Gasteiger partial charge in [-0.1, -0.05) is 30.3 Å². The second-order valence-corrected chi connectivity index (χ2v) is 6.16. The maximum absolute atomic E-state index is 12.0. The number of aromatic carboxylic acids is 1. The van der Waals surface area contributed by atoms with Crippen molar-refractivity contribution in [3.8, 4) is 17.2 Å². The van der Waals surface area contributed by atoms with Crippen molar-refractivity contribution in [2.75, 3.05) is 20.8 Å². The average molecular weight is 408 g/mol. The summed E-state index contributed by atoms with van der Waals surface area (Å²) in [7, 11) is 2.75. The Morgan fingerprint density at radius 1 is 1.03 bits per heavy atom. The number of hydrazone groups is 1. The van der Waals surface area contributed by atoms with E-state index in [1.165, 1.54) is 26.5 Å². The third-order valence-electron chi connectivity index (χ3n) is 4.28. The molecule has 8 heteroatoms. The lowest BCUT2D eigenvalue weighted by molar-refractivity contribution is -0.123. The normalized spacial score (nSPS) is 10.7. The highest BCUT2D eigenvalue weighted by molar-refractivity contribution is 6.02. The van der Waals surface area contributed by atoms with Crippen LogP contribution in [0.5, 0.6) is 17.2 Å². The standard InChI is InChI=1S/C22H20N2O6/c1-28-18-10-8-16(20(22(26)27)21(18)29-2)12-23-24-19(25)13-30-17-9-7-14-5-3-4-6-15(14)11-17/h3-12H,13H2,1-2H3,(H,24,25)(H,26,27). The topological polar surface area (TPSA) is 106 Å². The molecule has 0 saturated carbocycles. The van der Waals surface area contributed by atoms with Crippen LogP contribution in [0, 0.1) is 0 Å². The molecular formula is C22H20N2O6. The number of hydrogen-bond donors (Lipinski definition) is 2. The van der Waals surface area contributed by atoms with E-state index in [1.54, 1.807) is 12.1 Å². The van der Waals surface area contributed by atoms with Crippen molar-refractivity contribution in [3.05, 3.63) is 65.7 Å². The number of rotatable bonds is 8. The number of nitrogens with zero attached hydrogens (tertiary/aromatic N) is 1. The minimum atomic E-state index is -1.21. The molecule has 0 heterocycles. The summed E-state index contributed by atoms with van der Waals surface area (Å²) in [6.07, 6.45) is 1.22. The Labute approximate surface area is 172 Å². The minimum absolute atomic E-state index is 0.0694. The zero-order chi connectivity index (χ0) is 21.5. The molecule has 8 nitrogen and oxygen atoms in total. The first-order valence-electron chi connectivity index (χ1n) is 8.95. The molecule has 0 aromatic heterocycles. The van der Waals surface area contributed by atoms with Crippen LogP contribution in [0.3, 0.4) is 0 Å². The average Bonchev–Trinajstić information content (AvgIpc) is 2.76. The molecule has 0 unspecified atom stereocenters. The minimum Gasteiger partial charge on any atom is -0.493 e. The molecule has 0 fully saturated rings. The summed E-state index contributed by atoms with van der Waals surface area (Å²) in [5.41, 5.74) is 2.43. The number of carbonyl (C=O) groups is 2. The van der Waals surface area contributed by atoms with Crippen LogP contribution >= 0.6 is 0 Å². The van der Waals surface area contributed by atoms with Crippen LogP contribution in [0.1, 0.15) is 15.9 Å². The number of carbonyl (C=O) groups excluding carboxylic acids is 1. The van der Waals surface area contributed by atoms with Crippen LogP contribution in [0.4, 0.5) is 0 Å². The molecule has 0 bridgehead atoms. The predicted octanol–water partition coefficient (Wildman–Crippen LogP) is 3.08. The molecule has 0 aliphatic rings. The SMILES string of the molecule is COc1ccc(C=NNC(=O)COc2ccc3ccccc3c2)c(C(=O)O)c1OC. The molecule has 30 heavy (non-hydrogen) atoms. The van der Waals surface area contributed by atoms with Crippen LogP contribution in [0.25, 0.3) is 10.8 Å². The summed E-state index contributed by atoms with van der Waals surface area (Å²) in [6, 6.07) is 16.4. The molecule has 3 aromatic carbocycles. The van der Waals surface area contributed by atoms with Gasteiger partial charge in [-0.3, -0.25) is 4.79 Å². The number of hydrogen-bond acceptors (Lipinski definition) is 6. The Kier molecular flexibility index (Phi) is 6.49. The molecule has 0 saturated heterocycles. The molecule has 0 atom stereocenters. The summed E-state index contributed by atoms with van der Waals surface area (Å²) >= 11 is 0. The molecule has 1 amide bonds. The Morgan fingerprint density at radius 2 is 1.80 bits per heavy atom. The van der Waals surface area contributed by atoms with Gasteiger partial charge in [0.25, 0.3) is 5.91 Å². The number of methoxy groups -OCH3 is 2. The molecule has 2 N–H and O–H groups in total. The summed E-state index contributed by atoms with van der Waals surface area (Å²) in [4.78, 5) is 23.6. The third-order valence-corrected chi connectivity index (χ3v) is 4.28. The van der Waals surface area contributed by atoms with Gasteiger partial charge in [0.1, 0.15) is 11.3 Å². The molecule has 0 aliphatic heterocycles. The van der Waals surface area contributed by atoms with Gasteiger partial charge in [-0.05, 0) is 35.0 Å². The first-order valence-corrected chi connectivity index (χ1v) is 8.95. The molecule has 0 aliphatic carbocycles.